The van der Waals surface area contributed by atoms with Gasteiger partial charge in [0.15, 0.2) is 0 Å². The first-order valence-electron chi connectivity index (χ1n) is 6.97. The van der Waals surface area contributed by atoms with Gasteiger partial charge in [0.25, 0.3) is 0 Å². The van der Waals surface area contributed by atoms with Crippen LogP contribution in [0.1, 0.15) is 11.1 Å². The number of halogens is 3. The SMILES string of the molecule is Cc1ccc(CCN(CC(F)(F)F)C(=O)C2CNC2)cc1. The Morgan fingerprint density at radius 2 is 1.90 bits per heavy atom. The van der Waals surface area contributed by atoms with Gasteiger partial charge in [-0.3, -0.25) is 4.79 Å². The number of amides is 1. The van der Waals surface area contributed by atoms with Crippen LogP contribution in [0.5, 0.6) is 0 Å². The molecule has 6 heteroatoms. The van der Waals surface area contributed by atoms with Crippen molar-refractivity contribution in [2.45, 2.75) is 19.5 Å². The summed E-state index contributed by atoms with van der Waals surface area (Å²) in [5, 5.41) is 2.91. The van der Waals surface area contributed by atoms with Crippen LogP contribution in [-0.2, 0) is 11.2 Å². The zero-order valence-electron chi connectivity index (χ0n) is 11.9. The molecule has 0 unspecified atom stereocenters. The van der Waals surface area contributed by atoms with Crippen molar-refractivity contribution in [1.29, 1.82) is 0 Å². The molecular weight excluding hydrogens is 281 g/mol. The summed E-state index contributed by atoms with van der Waals surface area (Å²) in [5.41, 5.74) is 2.04. The van der Waals surface area contributed by atoms with E-state index in [0.29, 0.717) is 19.5 Å². The van der Waals surface area contributed by atoms with Crippen molar-refractivity contribution in [3.63, 3.8) is 0 Å². The summed E-state index contributed by atoms with van der Waals surface area (Å²) in [7, 11) is 0. The molecule has 1 aromatic carbocycles. The van der Waals surface area contributed by atoms with E-state index >= 15 is 0 Å². The fraction of sp³-hybridized carbons (Fsp3) is 0.533. The lowest BCUT2D eigenvalue weighted by molar-refractivity contribution is -0.164. The summed E-state index contributed by atoms with van der Waals surface area (Å²) >= 11 is 0. The molecule has 0 atom stereocenters. The van der Waals surface area contributed by atoms with Crippen LogP contribution in [0, 0.1) is 12.8 Å². The molecule has 0 saturated carbocycles. The standard InChI is InChI=1S/C15H19F3N2O/c1-11-2-4-12(5-3-11)6-7-20(10-15(16,17)18)14(21)13-8-19-9-13/h2-5,13,19H,6-10H2,1H3. The van der Waals surface area contributed by atoms with E-state index in [9.17, 15) is 18.0 Å². The predicted octanol–water partition coefficient (Wildman–Crippen LogP) is 2.15. The van der Waals surface area contributed by atoms with Gasteiger partial charge in [-0.05, 0) is 18.9 Å². The molecule has 1 saturated heterocycles. The maximum Gasteiger partial charge on any atom is 0.406 e. The molecule has 1 amide bonds. The molecule has 21 heavy (non-hydrogen) atoms. The second-order valence-corrected chi connectivity index (χ2v) is 5.47. The number of alkyl halides is 3. The molecule has 1 fully saturated rings. The number of benzene rings is 1. The van der Waals surface area contributed by atoms with Crippen molar-refractivity contribution < 1.29 is 18.0 Å². The number of carbonyl (C=O) groups is 1. The van der Waals surface area contributed by atoms with E-state index in [1.807, 2.05) is 31.2 Å². The minimum Gasteiger partial charge on any atom is -0.333 e. The number of hydrogen-bond donors (Lipinski definition) is 1. The zero-order chi connectivity index (χ0) is 15.5. The van der Waals surface area contributed by atoms with Crippen LogP contribution in [0.15, 0.2) is 24.3 Å². The monoisotopic (exact) mass is 300 g/mol. The lowest BCUT2D eigenvalue weighted by Gasteiger charge is -2.33. The van der Waals surface area contributed by atoms with Crippen LogP contribution in [0.25, 0.3) is 0 Å². The number of nitrogens with zero attached hydrogens (tertiary/aromatic N) is 1. The van der Waals surface area contributed by atoms with E-state index < -0.39 is 18.6 Å². The fourth-order valence-electron chi connectivity index (χ4n) is 2.22. The Balaban J connectivity index is 1.97. The van der Waals surface area contributed by atoms with Gasteiger partial charge >= 0.3 is 6.18 Å². The summed E-state index contributed by atoms with van der Waals surface area (Å²) < 4.78 is 37.9. The summed E-state index contributed by atoms with van der Waals surface area (Å²) in [4.78, 5) is 13.0. The number of aryl methyl sites for hydroxylation is 1. The third-order valence-corrected chi connectivity index (χ3v) is 3.60. The Hall–Kier alpha value is -1.56. The molecule has 0 radical (unpaired) electrons. The van der Waals surface area contributed by atoms with Crippen LogP contribution in [0.4, 0.5) is 13.2 Å². The second kappa shape index (κ2) is 6.47. The Morgan fingerprint density at radius 1 is 1.29 bits per heavy atom. The number of rotatable bonds is 5. The number of carbonyl (C=O) groups excluding carboxylic acids is 1. The van der Waals surface area contributed by atoms with Crippen LogP contribution in [0.2, 0.25) is 0 Å². The van der Waals surface area contributed by atoms with Gasteiger partial charge in [0.2, 0.25) is 5.91 Å². The van der Waals surface area contributed by atoms with Crippen molar-refractivity contribution in [3.8, 4) is 0 Å². The first-order chi connectivity index (χ1) is 9.85. The van der Waals surface area contributed by atoms with Gasteiger partial charge in [-0.15, -0.1) is 0 Å². The average molecular weight is 300 g/mol. The highest BCUT2D eigenvalue weighted by Gasteiger charge is 2.36. The Labute approximate surface area is 122 Å². The third kappa shape index (κ3) is 4.74. The van der Waals surface area contributed by atoms with Crippen molar-refractivity contribution in [2.75, 3.05) is 26.2 Å². The quantitative estimate of drug-likeness (QED) is 0.903. The Bertz CT molecular complexity index is 481. The lowest BCUT2D eigenvalue weighted by atomic mass is 10.0. The largest absolute Gasteiger partial charge is 0.406 e. The topological polar surface area (TPSA) is 32.3 Å². The van der Waals surface area contributed by atoms with Gasteiger partial charge in [-0.1, -0.05) is 29.8 Å². The van der Waals surface area contributed by atoms with Gasteiger partial charge in [0, 0.05) is 19.6 Å². The van der Waals surface area contributed by atoms with E-state index in [4.69, 9.17) is 0 Å². The molecule has 2 rings (SSSR count). The van der Waals surface area contributed by atoms with Gasteiger partial charge in [-0.25, -0.2) is 0 Å². The Kier molecular flexibility index (Phi) is 4.88. The summed E-state index contributed by atoms with van der Waals surface area (Å²) in [5.74, 6) is -0.719. The molecule has 1 aliphatic heterocycles. The second-order valence-electron chi connectivity index (χ2n) is 5.47. The lowest BCUT2D eigenvalue weighted by Crippen LogP contribution is -2.54. The maximum atomic E-state index is 12.6. The molecule has 1 heterocycles. The fourth-order valence-corrected chi connectivity index (χ4v) is 2.22. The minimum absolute atomic E-state index is 0.0951. The summed E-state index contributed by atoms with van der Waals surface area (Å²) in [6.45, 7) is 1.81. The third-order valence-electron chi connectivity index (χ3n) is 3.60. The van der Waals surface area contributed by atoms with E-state index in [-0.39, 0.29) is 12.5 Å². The highest BCUT2D eigenvalue weighted by Crippen LogP contribution is 2.19. The van der Waals surface area contributed by atoms with Gasteiger partial charge in [-0.2, -0.15) is 13.2 Å². The van der Waals surface area contributed by atoms with Gasteiger partial charge < -0.3 is 10.2 Å². The number of nitrogens with one attached hydrogen (secondary N) is 1. The normalized spacial score (nSPS) is 15.6. The van der Waals surface area contributed by atoms with Crippen LogP contribution in [0.3, 0.4) is 0 Å². The zero-order valence-corrected chi connectivity index (χ0v) is 11.9. The van der Waals surface area contributed by atoms with Gasteiger partial charge in [0.05, 0.1) is 5.92 Å². The molecule has 116 valence electrons. The predicted molar refractivity (Wildman–Crippen MR) is 73.9 cm³/mol. The molecule has 1 aliphatic rings. The van der Waals surface area contributed by atoms with E-state index in [2.05, 4.69) is 5.32 Å². The molecule has 0 bridgehead atoms. The number of hydrogen-bond acceptors (Lipinski definition) is 2. The van der Waals surface area contributed by atoms with Crippen LogP contribution >= 0.6 is 0 Å². The maximum absolute atomic E-state index is 12.6. The van der Waals surface area contributed by atoms with Crippen molar-refractivity contribution in [1.82, 2.24) is 10.2 Å². The molecule has 0 aliphatic carbocycles. The molecular formula is C15H19F3N2O. The highest BCUT2D eigenvalue weighted by atomic mass is 19.4. The van der Waals surface area contributed by atoms with Crippen molar-refractivity contribution in [2.24, 2.45) is 5.92 Å². The van der Waals surface area contributed by atoms with Crippen LogP contribution < -0.4 is 5.32 Å². The first-order valence-corrected chi connectivity index (χ1v) is 6.97. The molecule has 0 spiro atoms. The van der Waals surface area contributed by atoms with E-state index in [1.165, 1.54) is 0 Å². The van der Waals surface area contributed by atoms with Crippen LogP contribution in [-0.4, -0.2) is 43.2 Å². The summed E-state index contributed by atoms with van der Waals surface area (Å²) in [6, 6.07) is 7.61. The van der Waals surface area contributed by atoms with Gasteiger partial charge in [0.1, 0.15) is 6.54 Å². The minimum atomic E-state index is -4.36. The smallest absolute Gasteiger partial charge is 0.333 e. The average Bonchev–Trinajstić information content (AvgIpc) is 2.33. The summed E-state index contributed by atoms with van der Waals surface area (Å²) in [6.07, 6.45) is -3.93. The molecule has 1 N–H and O–H groups in total. The Morgan fingerprint density at radius 3 is 2.38 bits per heavy atom. The van der Waals surface area contributed by atoms with Crippen molar-refractivity contribution >= 4 is 5.91 Å². The van der Waals surface area contributed by atoms with E-state index in [1.54, 1.807) is 0 Å². The molecule has 1 aromatic rings. The molecule has 0 aromatic heterocycles. The molecule has 3 nitrogen and oxygen atoms in total. The highest BCUT2D eigenvalue weighted by molar-refractivity contribution is 5.80. The first kappa shape index (κ1) is 15.8. The van der Waals surface area contributed by atoms with Crippen molar-refractivity contribution in [3.05, 3.63) is 35.4 Å². The van der Waals surface area contributed by atoms with E-state index in [0.717, 1.165) is 16.0 Å².